The third kappa shape index (κ3) is 3.75. The largest absolute Gasteiger partial charge is 0.368 e. The third-order valence-electron chi connectivity index (χ3n) is 4.48. The van der Waals surface area contributed by atoms with Crippen molar-refractivity contribution in [1.82, 2.24) is 25.1 Å². The van der Waals surface area contributed by atoms with Crippen LogP contribution in [0.3, 0.4) is 0 Å². The topological polar surface area (TPSA) is 96.4 Å². The van der Waals surface area contributed by atoms with Gasteiger partial charge in [-0.25, -0.2) is 14.8 Å². The van der Waals surface area contributed by atoms with Gasteiger partial charge >= 0.3 is 6.03 Å². The van der Waals surface area contributed by atoms with Gasteiger partial charge in [0.1, 0.15) is 11.1 Å². The fraction of sp³-hybridized carbons (Fsp3) is 0.562. The normalized spacial score (nSPS) is 20.4. The van der Waals surface area contributed by atoms with Crippen LogP contribution in [0.25, 0.3) is 0 Å². The third-order valence-corrected chi connectivity index (χ3v) is 5.23. The second kappa shape index (κ2) is 7.50. The van der Waals surface area contributed by atoms with Crippen LogP contribution in [0.1, 0.15) is 29.6 Å². The molecule has 2 aliphatic heterocycles. The maximum absolute atomic E-state index is 12.5. The van der Waals surface area contributed by atoms with Crippen LogP contribution in [0.15, 0.2) is 12.3 Å². The predicted octanol–water partition coefficient (Wildman–Crippen LogP) is 1.84. The van der Waals surface area contributed by atoms with Gasteiger partial charge in [-0.05, 0) is 25.8 Å². The van der Waals surface area contributed by atoms with Crippen molar-refractivity contribution in [1.29, 1.82) is 0 Å². The Morgan fingerprint density at radius 3 is 2.92 bits per heavy atom. The minimum absolute atomic E-state index is 0.191. The van der Waals surface area contributed by atoms with Gasteiger partial charge in [0.25, 0.3) is 0 Å². The van der Waals surface area contributed by atoms with Crippen molar-refractivity contribution in [2.45, 2.75) is 25.9 Å². The molecular formula is C16H21N7O2S. The van der Waals surface area contributed by atoms with Gasteiger partial charge in [-0.1, -0.05) is 11.3 Å². The Balaban J connectivity index is 1.43. The van der Waals surface area contributed by atoms with Crippen LogP contribution in [-0.4, -0.2) is 63.9 Å². The zero-order valence-corrected chi connectivity index (χ0v) is 15.4. The molecule has 4 rings (SSSR count). The smallest absolute Gasteiger partial charge is 0.323 e. The summed E-state index contributed by atoms with van der Waals surface area (Å²) >= 11 is 1.36. The maximum Gasteiger partial charge on any atom is 0.323 e. The van der Waals surface area contributed by atoms with Crippen LogP contribution in [0.5, 0.6) is 0 Å². The SMILES string of the molecule is Cc1nnc(NC(=O)N2CCOC(c3ccnc(N4CCCC4)n3)C2)s1. The number of amides is 2. The summed E-state index contributed by atoms with van der Waals surface area (Å²) in [6, 6.07) is 1.67. The molecule has 4 heterocycles. The number of hydrogen-bond donors (Lipinski definition) is 1. The van der Waals surface area contributed by atoms with E-state index >= 15 is 0 Å². The molecular weight excluding hydrogens is 354 g/mol. The number of carbonyl (C=O) groups is 1. The molecule has 2 aliphatic rings. The van der Waals surface area contributed by atoms with Crippen molar-refractivity contribution in [2.75, 3.05) is 43.0 Å². The average molecular weight is 375 g/mol. The van der Waals surface area contributed by atoms with Crippen molar-refractivity contribution >= 4 is 28.4 Å². The van der Waals surface area contributed by atoms with Gasteiger partial charge < -0.3 is 14.5 Å². The number of nitrogens with zero attached hydrogens (tertiary/aromatic N) is 6. The van der Waals surface area contributed by atoms with Gasteiger partial charge in [-0.15, -0.1) is 10.2 Å². The number of morpholine rings is 1. The van der Waals surface area contributed by atoms with Crippen LogP contribution in [0.4, 0.5) is 15.9 Å². The molecule has 0 bridgehead atoms. The molecule has 2 amide bonds. The number of rotatable bonds is 3. The van der Waals surface area contributed by atoms with Crippen molar-refractivity contribution in [3.05, 3.63) is 23.0 Å². The molecule has 0 radical (unpaired) electrons. The lowest BCUT2D eigenvalue weighted by Crippen LogP contribution is -2.44. The lowest BCUT2D eigenvalue weighted by molar-refractivity contribution is -0.0157. The molecule has 0 aromatic carbocycles. The highest BCUT2D eigenvalue weighted by atomic mass is 32.1. The fourth-order valence-corrected chi connectivity index (χ4v) is 3.72. The van der Waals surface area contributed by atoms with E-state index in [1.54, 1.807) is 11.1 Å². The van der Waals surface area contributed by atoms with E-state index in [1.807, 2.05) is 13.0 Å². The fourth-order valence-electron chi connectivity index (χ4n) is 3.14. The van der Waals surface area contributed by atoms with Crippen molar-refractivity contribution < 1.29 is 9.53 Å². The standard InChI is InChI=1S/C16H21N7O2S/c1-11-20-21-15(26-11)19-16(24)23-8-9-25-13(10-23)12-4-5-17-14(18-12)22-6-2-3-7-22/h4-5,13H,2-3,6-10H2,1H3,(H,19,21,24). The van der Waals surface area contributed by atoms with E-state index in [-0.39, 0.29) is 12.1 Å². The number of aromatic nitrogens is 4. The number of ether oxygens (including phenoxy) is 1. The van der Waals surface area contributed by atoms with E-state index in [2.05, 4.69) is 30.4 Å². The number of anilines is 2. The van der Waals surface area contributed by atoms with Crippen LogP contribution >= 0.6 is 11.3 Å². The Morgan fingerprint density at radius 2 is 2.15 bits per heavy atom. The van der Waals surface area contributed by atoms with Crippen LogP contribution in [-0.2, 0) is 4.74 Å². The molecule has 2 fully saturated rings. The van der Waals surface area contributed by atoms with Gasteiger partial charge in [0.2, 0.25) is 11.1 Å². The first kappa shape index (κ1) is 17.1. The number of carbonyl (C=O) groups excluding carboxylic acids is 1. The van der Waals surface area contributed by atoms with Gasteiger partial charge in [0.05, 0.1) is 18.8 Å². The molecule has 2 aromatic heterocycles. The van der Waals surface area contributed by atoms with Crippen molar-refractivity contribution in [2.24, 2.45) is 0 Å². The molecule has 2 aromatic rings. The first-order valence-electron chi connectivity index (χ1n) is 8.74. The molecule has 9 nitrogen and oxygen atoms in total. The van der Waals surface area contributed by atoms with Crippen LogP contribution < -0.4 is 10.2 Å². The Kier molecular flexibility index (Phi) is 4.93. The summed E-state index contributed by atoms with van der Waals surface area (Å²) < 4.78 is 5.86. The van der Waals surface area contributed by atoms with Gasteiger partial charge in [-0.2, -0.15) is 0 Å². The molecule has 0 spiro atoms. The molecule has 1 atom stereocenters. The monoisotopic (exact) mass is 375 g/mol. The van der Waals surface area contributed by atoms with Crippen LogP contribution in [0, 0.1) is 6.92 Å². The molecule has 26 heavy (non-hydrogen) atoms. The van der Waals surface area contributed by atoms with Crippen molar-refractivity contribution in [3.8, 4) is 0 Å². The summed E-state index contributed by atoms with van der Waals surface area (Å²) in [5, 5.41) is 12.0. The van der Waals surface area contributed by atoms with Gasteiger partial charge in [0.15, 0.2) is 0 Å². The van der Waals surface area contributed by atoms with E-state index in [9.17, 15) is 4.79 Å². The van der Waals surface area contributed by atoms with E-state index < -0.39 is 0 Å². The molecule has 1 N–H and O–H groups in total. The molecule has 10 heteroatoms. The molecule has 138 valence electrons. The number of hydrogen-bond acceptors (Lipinski definition) is 8. The van der Waals surface area contributed by atoms with E-state index in [4.69, 9.17) is 4.74 Å². The summed E-state index contributed by atoms with van der Waals surface area (Å²) in [5.41, 5.74) is 0.811. The lowest BCUT2D eigenvalue weighted by atomic mass is 10.2. The first-order chi connectivity index (χ1) is 12.7. The quantitative estimate of drug-likeness (QED) is 0.874. The van der Waals surface area contributed by atoms with E-state index in [0.717, 1.165) is 29.7 Å². The van der Waals surface area contributed by atoms with Crippen molar-refractivity contribution in [3.63, 3.8) is 0 Å². The zero-order valence-electron chi connectivity index (χ0n) is 14.6. The summed E-state index contributed by atoms with van der Waals surface area (Å²) in [5.74, 6) is 0.745. The summed E-state index contributed by atoms with van der Waals surface area (Å²) in [4.78, 5) is 25.5. The number of urea groups is 1. The number of nitrogens with one attached hydrogen (secondary N) is 1. The number of aryl methyl sites for hydroxylation is 1. The highest BCUT2D eigenvalue weighted by Gasteiger charge is 2.27. The Hall–Kier alpha value is -2.33. The Morgan fingerprint density at radius 1 is 1.31 bits per heavy atom. The van der Waals surface area contributed by atoms with Gasteiger partial charge in [-0.3, -0.25) is 5.32 Å². The Bertz CT molecular complexity index is 777. The summed E-state index contributed by atoms with van der Waals surface area (Å²) in [6.45, 7) is 5.28. The molecule has 2 saturated heterocycles. The first-order valence-corrected chi connectivity index (χ1v) is 9.56. The van der Waals surface area contributed by atoms with E-state index in [0.29, 0.717) is 24.8 Å². The summed E-state index contributed by atoms with van der Waals surface area (Å²) in [6.07, 6.45) is 3.86. The minimum atomic E-state index is -0.255. The molecule has 0 aliphatic carbocycles. The van der Waals surface area contributed by atoms with Crippen LogP contribution in [0.2, 0.25) is 0 Å². The second-order valence-corrected chi connectivity index (χ2v) is 7.52. The molecule has 1 unspecified atom stereocenters. The highest BCUT2D eigenvalue weighted by Crippen LogP contribution is 2.24. The zero-order chi connectivity index (χ0) is 17.9. The van der Waals surface area contributed by atoms with Gasteiger partial charge in [0, 0.05) is 25.8 Å². The average Bonchev–Trinajstić information content (AvgIpc) is 3.34. The minimum Gasteiger partial charge on any atom is -0.368 e. The Labute approximate surface area is 155 Å². The lowest BCUT2D eigenvalue weighted by Gasteiger charge is -2.32. The molecule has 0 saturated carbocycles. The second-order valence-electron chi connectivity index (χ2n) is 6.34. The predicted molar refractivity (Wildman–Crippen MR) is 97.4 cm³/mol. The highest BCUT2D eigenvalue weighted by molar-refractivity contribution is 7.15. The summed E-state index contributed by atoms with van der Waals surface area (Å²) in [7, 11) is 0. The maximum atomic E-state index is 12.5. The van der Waals surface area contributed by atoms with E-state index in [1.165, 1.54) is 24.2 Å².